The Bertz CT molecular complexity index is 555. The lowest BCUT2D eigenvalue weighted by Crippen LogP contribution is -2.49. The van der Waals surface area contributed by atoms with Gasteiger partial charge in [0, 0.05) is 29.1 Å². The molecular formula is C16H20F2N2OS. The minimum Gasteiger partial charge on any atom is -0.353 e. The Morgan fingerprint density at radius 3 is 2.64 bits per heavy atom. The van der Waals surface area contributed by atoms with E-state index in [0.29, 0.717) is 17.0 Å². The maximum Gasteiger partial charge on any atom is 0.230 e. The van der Waals surface area contributed by atoms with Gasteiger partial charge in [-0.3, -0.25) is 4.79 Å². The summed E-state index contributed by atoms with van der Waals surface area (Å²) in [5.41, 5.74) is 0. The van der Waals surface area contributed by atoms with Crippen molar-refractivity contribution in [3.63, 3.8) is 0 Å². The zero-order chi connectivity index (χ0) is 15.7. The summed E-state index contributed by atoms with van der Waals surface area (Å²) < 4.78 is 26.3. The lowest BCUT2D eigenvalue weighted by Gasteiger charge is -2.36. The smallest absolute Gasteiger partial charge is 0.230 e. The molecule has 2 fully saturated rings. The van der Waals surface area contributed by atoms with Crippen molar-refractivity contribution in [2.75, 3.05) is 12.8 Å². The first-order valence-corrected chi connectivity index (χ1v) is 8.60. The third-order valence-electron chi connectivity index (χ3n) is 4.72. The number of benzene rings is 1. The lowest BCUT2D eigenvalue weighted by molar-refractivity contribution is -0.119. The average molecular weight is 326 g/mol. The zero-order valence-corrected chi connectivity index (χ0v) is 13.3. The molecule has 0 saturated carbocycles. The Labute approximate surface area is 133 Å². The SMILES string of the molecule is CN1[C@@H]2CC[C@@H]1CC(NC(=O)CSc1ccc(F)cc1F)C2. The first-order chi connectivity index (χ1) is 10.5. The largest absolute Gasteiger partial charge is 0.353 e. The van der Waals surface area contributed by atoms with Gasteiger partial charge in [0.05, 0.1) is 5.75 Å². The minimum absolute atomic E-state index is 0.0809. The van der Waals surface area contributed by atoms with Gasteiger partial charge in [0.2, 0.25) is 5.91 Å². The second-order valence-electron chi connectivity index (χ2n) is 6.15. The Balaban J connectivity index is 1.49. The number of amides is 1. The van der Waals surface area contributed by atoms with Gasteiger partial charge in [0.1, 0.15) is 11.6 Å². The number of hydrogen-bond donors (Lipinski definition) is 1. The molecule has 1 N–H and O–H groups in total. The van der Waals surface area contributed by atoms with Crippen LogP contribution in [0.3, 0.4) is 0 Å². The van der Waals surface area contributed by atoms with E-state index < -0.39 is 11.6 Å². The minimum atomic E-state index is -0.616. The molecule has 22 heavy (non-hydrogen) atoms. The average Bonchev–Trinajstić information content (AvgIpc) is 2.69. The Kier molecular flexibility index (Phi) is 4.68. The molecule has 3 rings (SSSR count). The number of thioether (sulfide) groups is 1. The van der Waals surface area contributed by atoms with Crippen LogP contribution in [0.1, 0.15) is 25.7 Å². The molecule has 2 aliphatic heterocycles. The van der Waals surface area contributed by atoms with Crippen molar-refractivity contribution in [1.82, 2.24) is 10.2 Å². The zero-order valence-electron chi connectivity index (χ0n) is 12.5. The van der Waals surface area contributed by atoms with Gasteiger partial charge in [0.15, 0.2) is 0 Å². The van der Waals surface area contributed by atoms with Crippen molar-refractivity contribution >= 4 is 17.7 Å². The van der Waals surface area contributed by atoms with E-state index in [-0.39, 0.29) is 17.7 Å². The van der Waals surface area contributed by atoms with E-state index in [2.05, 4.69) is 17.3 Å². The highest BCUT2D eigenvalue weighted by molar-refractivity contribution is 8.00. The fraction of sp³-hybridized carbons (Fsp3) is 0.562. The molecule has 0 aliphatic carbocycles. The van der Waals surface area contributed by atoms with Crippen LogP contribution in [0.2, 0.25) is 0 Å². The molecule has 1 aromatic rings. The summed E-state index contributed by atoms with van der Waals surface area (Å²) in [4.78, 5) is 14.8. The Morgan fingerprint density at radius 1 is 1.32 bits per heavy atom. The van der Waals surface area contributed by atoms with E-state index in [1.54, 1.807) is 0 Å². The third-order valence-corrected chi connectivity index (χ3v) is 5.76. The van der Waals surface area contributed by atoms with Gasteiger partial charge >= 0.3 is 0 Å². The maximum absolute atomic E-state index is 13.5. The molecule has 0 radical (unpaired) electrons. The van der Waals surface area contributed by atoms with Crippen LogP contribution in [0.4, 0.5) is 8.78 Å². The van der Waals surface area contributed by atoms with Gasteiger partial charge in [-0.05, 0) is 44.9 Å². The fourth-order valence-electron chi connectivity index (χ4n) is 3.53. The molecule has 3 nitrogen and oxygen atoms in total. The Morgan fingerprint density at radius 2 is 2.00 bits per heavy atom. The van der Waals surface area contributed by atoms with Crippen molar-refractivity contribution in [2.45, 2.75) is 48.7 Å². The quantitative estimate of drug-likeness (QED) is 0.864. The monoisotopic (exact) mass is 326 g/mol. The van der Waals surface area contributed by atoms with Crippen LogP contribution in [0.5, 0.6) is 0 Å². The predicted molar refractivity (Wildman–Crippen MR) is 82.8 cm³/mol. The van der Waals surface area contributed by atoms with E-state index in [1.165, 1.54) is 25.0 Å². The van der Waals surface area contributed by atoms with E-state index >= 15 is 0 Å². The number of nitrogens with one attached hydrogen (secondary N) is 1. The summed E-state index contributed by atoms with van der Waals surface area (Å²) >= 11 is 1.11. The Hall–Kier alpha value is -1.14. The summed E-state index contributed by atoms with van der Waals surface area (Å²) in [6.45, 7) is 0. The second-order valence-corrected chi connectivity index (χ2v) is 7.17. The number of rotatable bonds is 4. The van der Waals surface area contributed by atoms with Crippen LogP contribution in [-0.4, -0.2) is 41.7 Å². The van der Waals surface area contributed by atoms with Crippen molar-refractivity contribution in [1.29, 1.82) is 0 Å². The summed E-state index contributed by atoms with van der Waals surface area (Å²) in [7, 11) is 2.16. The summed E-state index contributed by atoms with van der Waals surface area (Å²) in [5, 5.41) is 3.06. The van der Waals surface area contributed by atoms with Gasteiger partial charge in [0.25, 0.3) is 0 Å². The molecule has 2 aliphatic rings. The van der Waals surface area contributed by atoms with Crippen LogP contribution in [0, 0.1) is 11.6 Å². The van der Waals surface area contributed by atoms with Crippen LogP contribution in [0.15, 0.2) is 23.1 Å². The molecule has 0 unspecified atom stereocenters. The number of nitrogens with zero attached hydrogens (tertiary/aromatic N) is 1. The first-order valence-electron chi connectivity index (χ1n) is 7.62. The maximum atomic E-state index is 13.5. The van der Waals surface area contributed by atoms with Gasteiger partial charge < -0.3 is 10.2 Å². The number of carbonyl (C=O) groups excluding carboxylic acids is 1. The normalized spacial score (nSPS) is 27.9. The summed E-state index contributed by atoms with van der Waals surface area (Å²) in [6.07, 6.45) is 4.41. The third kappa shape index (κ3) is 3.43. The van der Waals surface area contributed by atoms with Gasteiger partial charge in [-0.15, -0.1) is 11.8 Å². The molecule has 2 heterocycles. The van der Waals surface area contributed by atoms with Gasteiger partial charge in [-0.1, -0.05) is 0 Å². The number of halogens is 2. The van der Waals surface area contributed by atoms with Crippen molar-refractivity contribution in [2.24, 2.45) is 0 Å². The summed E-state index contributed by atoms with van der Waals surface area (Å²) in [6, 6.07) is 4.79. The van der Waals surface area contributed by atoms with Crippen molar-refractivity contribution in [3.05, 3.63) is 29.8 Å². The van der Waals surface area contributed by atoms with Crippen LogP contribution in [0.25, 0.3) is 0 Å². The van der Waals surface area contributed by atoms with E-state index in [0.717, 1.165) is 30.7 Å². The number of fused-ring (bicyclic) bond motifs is 2. The molecule has 0 spiro atoms. The fourth-order valence-corrected chi connectivity index (χ4v) is 4.27. The van der Waals surface area contributed by atoms with Crippen molar-refractivity contribution in [3.8, 4) is 0 Å². The molecule has 2 atom stereocenters. The molecule has 120 valence electrons. The molecule has 1 aromatic carbocycles. The summed E-state index contributed by atoms with van der Waals surface area (Å²) in [5.74, 6) is -1.14. The molecule has 1 amide bonds. The van der Waals surface area contributed by atoms with Crippen LogP contribution in [-0.2, 0) is 4.79 Å². The standard InChI is InChI=1S/C16H20F2N2OS/c1-20-12-3-4-13(20)8-11(7-12)19-16(21)9-22-15-5-2-10(17)6-14(15)18/h2,5-6,11-13H,3-4,7-9H2,1H3,(H,19,21)/t12-,13-/m1/s1. The number of piperidine rings is 1. The van der Waals surface area contributed by atoms with Gasteiger partial charge in [-0.25, -0.2) is 8.78 Å². The molecule has 0 aromatic heterocycles. The molecule has 2 saturated heterocycles. The first kappa shape index (κ1) is 15.7. The van der Waals surface area contributed by atoms with Gasteiger partial charge in [-0.2, -0.15) is 0 Å². The van der Waals surface area contributed by atoms with Crippen LogP contribution >= 0.6 is 11.8 Å². The van der Waals surface area contributed by atoms with E-state index in [4.69, 9.17) is 0 Å². The molecule has 2 bridgehead atoms. The number of hydrogen-bond acceptors (Lipinski definition) is 3. The highest BCUT2D eigenvalue weighted by Gasteiger charge is 2.38. The lowest BCUT2D eigenvalue weighted by atomic mass is 9.98. The predicted octanol–water partition coefficient (Wildman–Crippen LogP) is 2.80. The van der Waals surface area contributed by atoms with E-state index in [9.17, 15) is 13.6 Å². The molecular weight excluding hydrogens is 306 g/mol. The molecule has 6 heteroatoms. The topological polar surface area (TPSA) is 32.3 Å². The van der Waals surface area contributed by atoms with Crippen molar-refractivity contribution < 1.29 is 13.6 Å². The number of carbonyl (C=O) groups is 1. The highest BCUT2D eigenvalue weighted by atomic mass is 32.2. The van der Waals surface area contributed by atoms with Crippen LogP contribution < -0.4 is 5.32 Å². The second kappa shape index (κ2) is 6.54. The van der Waals surface area contributed by atoms with E-state index in [1.807, 2.05) is 0 Å². The highest BCUT2D eigenvalue weighted by Crippen LogP contribution is 2.34.